The van der Waals surface area contributed by atoms with Crippen LogP contribution in [0.2, 0.25) is 0 Å². The van der Waals surface area contributed by atoms with Crippen molar-refractivity contribution in [3.05, 3.63) is 53.1 Å². The lowest BCUT2D eigenvalue weighted by Crippen LogP contribution is -2.18. The number of thioether (sulfide) groups is 1. The molecule has 1 aliphatic heterocycles. The van der Waals surface area contributed by atoms with E-state index in [0.29, 0.717) is 17.5 Å². The average Bonchev–Trinajstić information content (AvgIpc) is 3.37. The normalized spacial score (nSPS) is 13.6. The number of aliphatic hydroxyl groups is 1. The van der Waals surface area contributed by atoms with Crippen molar-refractivity contribution in [3.63, 3.8) is 0 Å². The third kappa shape index (κ3) is 4.69. The summed E-state index contributed by atoms with van der Waals surface area (Å²) in [6.07, 6.45) is -0.641. The zero-order valence-electron chi connectivity index (χ0n) is 16.2. The van der Waals surface area contributed by atoms with Gasteiger partial charge in [-0.05, 0) is 59.2 Å². The van der Waals surface area contributed by atoms with Crippen LogP contribution in [0.3, 0.4) is 0 Å². The van der Waals surface area contributed by atoms with Crippen LogP contribution in [-0.4, -0.2) is 50.6 Å². The SMILES string of the molecule is Cc1ccc(C)c(-n2nnnc2SC[C@H](O)COCc2ccc3c(c2)OCO3)c1. The zero-order valence-corrected chi connectivity index (χ0v) is 17.1. The van der Waals surface area contributed by atoms with Gasteiger partial charge in [0.2, 0.25) is 11.9 Å². The molecule has 4 rings (SSSR count). The van der Waals surface area contributed by atoms with Gasteiger partial charge in [-0.3, -0.25) is 0 Å². The third-order valence-electron chi connectivity index (χ3n) is 4.45. The predicted octanol–water partition coefficient (Wildman–Crippen LogP) is 2.68. The monoisotopic (exact) mass is 414 g/mol. The molecule has 0 aliphatic carbocycles. The molecule has 8 nitrogen and oxygen atoms in total. The Balaban J connectivity index is 1.29. The van der Waals surface area contributed by atoms with E-state index < -0.39 is 6.10 Å². The maximum Gasteiger partial charge on any atom is 0.231 e. The number of nitrogens with zero attached hydrogens (tertiary/aromatic N) is 4. The molecule has 152 valence electrons. The summed E-state index contributed by atoms with van der Waals surface area (Å²) in [5, 5.41) is 22.9. The largest absolute Gasteiger partial charge is 0.454 e. The number of aryl methyl sites for hydroxylation is 2. The minimum Gasteiger partial charge on any atom is -0.454 e. The fourth-order valence-corrected chi connectivity index (χ4v) is 3.72. The molecule has 2 aromatic carbocycles. The second kappa shape index (κ2) is 8.81. The second-order valence-electron chi connectivity index (χ2n) is 6.83. The number of hydrogen-bond donors (Lipinski definition) is 1. The molecule has 0 amide bonds. The standard InChI is InChI=1S/C20H22N4O4S/c1-13-3-4-14(2)17(7-13)24-20(21-22-23-24)29-11-16(25)10-26-9-15-5-6-18-19(8-15)28-12-27-18/h3-8,16,25H,9-12H2,1-2H3/t16-/m1/s1. The Labute approximate surface area is 172 Å². The Bertz CT molecular complexity index is 994. The molecule has 1 atom stereocenters. The molecule has 2 heterocycles. The highest BCUT2D eigenvalue weighted by molar-refractivity contribution is 7.99. The van der Waals surface area contributed by atoms with E-state index in [9.17, 15) is 5.11 Å². The molecule has 3 aromatic rings. The number of rotatable bonds is 8. The van der Waals surface area contributed by atoms with Crippen LogP contribution in [0, 0.1) is 13.8 Å². The van der Waals surface area contributed by atoms with Gasteiger partial charge in [-0.25, -0.2) is 0 Å². The van der Waals surface area contributed by atoms with Gasteiger partial charge in [0.25, 0.3) is 0 Å². The molecule has 9 heteroatoms. The summed E-state index contributed by atoms with van der Waals surface area (Å²) in [4.78, 5) is 0. The van der Waals surface area contributed by atoms with Crippen LogP contribution in [-0.2, 0) is 11.3 Å². The lowest BCUT2D eigenvalue weighted by atomic mass is 10.1. The molecular formula is C20H22N4O4S. The zero-order chi connectivity index (χ0) is 20.2. The van der Waals surface area contributed by atoms with E-state index in [1.807, 2.05) is 44.2 Å². The fourth-order valence-electron chi connectivity index (χ4n) is 2.93. The molecule has 1 aromatic heterocycles. The third-order valence-corrected chi connectivity index (χ3v) is 5.52. The number of benzene rings is 2. The van der Waals surface area contributed by atoms with Crippen LogP contribution in [0.4, 0.5) is 0 Å². The van der Waals surface area contributed by atoms with Gasteiger partial charge in [0.05, 0.1) is 25.0 Å². The molecule has 0 bridgehead atoms. The van der Waals surface area contributed by atoms with E-state index in [-0.39, 0.29) is 13.4 Å². The molecule has 29 heavy (non-hydrogen) atoms. The van der Waals surface area contributed by atoms with E-state index in [2.05, 4.69) is 21.6 Å². The Morgan fingerprint density at radius 3 is 2.93 bits per heavy atom. The number of fused-ring (bicyclic) bond motifs is 1. The highest BCUT2D eigenvalue weighted by Crippen LogP contribution is 2.32. The molecule has 0 radical (unpaired) electrons. The summed E-state index contributed by atoms with van der Waals surface area (Å²) in [6, 6.07) is 11.8. The van der Waals surface area contributed by atoms with E-state index in [1.54, 1.807) is 4.68 Å². The summed E-state index contributed by atoms with van der Waals surface area (Å²) < 4.78 is 18.0. The number of aromatic nitrogens is 4. The molecule has 0 spiro atoms. The van der Waals surface area contributed by atoms with Gasteiger partial charge in [-0.1, -0.05) is 30.0 Å². The van der Waals surface area contributed by atoms with Gasteiger partial charge >= 0.3 is 0 Å². The Kier molecular flexibility index (Phi) is 5.98. The van der Waals surface area contributed by atoms with Crippen LogP contribution >= 0.6 is 11.8 Å². The van der Waals surface area contributed by atoms with E-state index >= 15 is 0 Å². The highest BCUT2D eigenvalue weighted by Gasteiger charge is 2.15. The maximum absolute atomic E-state index is 10.3. The molecular weight excluding hydrogens is 392 g/mol. The van der Waals surface area contributed by atoms with E-state index in [0.717, 1.165) is 33.9 Å². The summed E-state index contributed by atoms with van der Waals surface area (Å²) in [5.41, 5.74) is 4.12. The van der Waals surface area contributed by atoms with Crippen molar-refractivity contribution < 1.29 is 19.3 Å². The first kappa shape index (κ1) is 19.7. The van der Waals surface area contributed by atoms with Crippen LogP contribution in [0.25, 0.3) is 5.69 Å². The molecule has 0 fully saturated rings. The summed E-state index contributed by atoms with van der Waals surface area (Å²) >= 11 is 1.39. The number of aliphatic hydroxyl groups excluding tert-OH is 1. The minimum absolute atomic E-state index is 0.215. The van der Waals surface area contributed by atoms with Crippen molar-refractivity contribution in [1.29, 1.82) is 0 Å². The van der Waals surface area contributed by atoms with Gasteiger partial charge < -0.3 is 19.3 Å². The van der Waals surface area contributed by atoms with Gasteiger partial charge in [-0.15, -0.1) is 5.10 Å². The predicted molar refractivity (Wildman–Crippen MR) is 108 cm³/mol. The molecule has 0 saturated carbocycles. The lowest BCUT2D eigenvalue weighted by molar-refractivity contribution is 0.0397. The Morgan fingerprint density at radius 1 is 1.17 bits per heavy atom. The van der Waals surface area contributed by atoms with E-state index in [4.69, 9.17) is 14.2 Å². The maximum atomic E-state index is 10.3. The highest BCUT2D eigenvalue weighted by atomic mass is 32.2. The first-order valence-corrected chi connectivity index (χ1v) is 10.2. The first-order valence-electron chi connectivity index (χ1n) is 9.23. The molecule has 1 N–H and O–H groups in total. The van der Waals surface area contributed by atoms with Crippen molar-refractivity contribution in [3.8, 4) is 17.2 Å². The molecule has 0 saturated heterocycles. The Hall–Kier alpha value is -2.62. The number of ether oxygens (including phenoxy) is 3. The first-order chi connectivity index (χ1) is 14.1. The van der Waals surface area contributed by atoms with Crippen molar-refractivity contribution in [2.24, 2.45) is 0 Å². The smallest absolute Gasteiger partial charge is 0.231 e. The van der Waals surface area contributed by atoms with Crippen molar-refractivity contribution >= 4 is 11.8 Å². The van der Waals surface area contributed by atoms with Crippen LogP contribution in [0.5, 0.6) is 11.5 Å². The molecule has 1 aliphatic rings. The molecule has 0 unspecified atom stereocenters. The average molecular weight is 414 g/mol. The quantitative estimate of drug-likeness (QED) is 0.563. The number of hydrogen-bond acceptors (Lipinski definition) is 8. The van der Waals surface area contributed by atoms with Crippen molar-refractivity contribution in [2.75, 3.05) is 19.2 Å². The summed E-state index contributed by atoms with van der Waals surface area (Å²) in [7, 11) is 0. The summed E-state index contributed by atoms with van der Waals surface area (Å²) in [6.45, 7) is 4.90. The van der Waals surface area contributed by atoms with E-state index in [1.165, 1.54) is 11.8 Å². The lowest BCUT2D eigenvalue weighted by Gasteiger charge is -2.12. The van der Waals surface area contributed by atoms with Gasteiger partial charge in [0.15, 0.2) is 11.5 Å². The minimum atomic E-state index is -0.641. The summed E-state index contributed by atoms with van der Waals surface area (Å²) in [5.74, 6) is 1.89. The van der Waals surface area contributed by atoms with Crippen LogP contribution in [0.1, 0.15) is 16.7 Å². The van der Waals surface area contributed by atoms with Gasteiger partial charge in [-0.2, -0.15) is 4.68 Å². The fraction of sp³-hybridized carbons (Fsp3) is 0.350. The topological polar surface area (TPSA) is 91.5 Å². The van der Waals surface area contributed by atoms with Gasteiger partial charge in [0, 0.05) is 5.75 Å². The van der Waals surface area contributed by atoms with Crippen molar-refractivity contribution in [1.82, 2.24) is 20.2 Å². The van der Waals surface area contributed by atoms with Crippen LogP contribution < -0.4 is 9.47 Å². The van der Waals surface area contributed by atoms with Gasteiger partial charge in [0.1, 0.15) is 0 Å². The number of tetrazole rings is 1. The Morgan fingerprint density at radius 2 is 2.03 bits per heavy atom. The second-order valence-corrected chi connectivity index (χ2v) is 7.82. The van der Waals surface area contributed by atoms with Crippen molar-refractivity contribution in [2.45, 2.75) is 31.7 Å². The van der Waals surface area contributed by atoms with Crippen LogP contribution in [0.15, 0.2) is 41.6 Å².